The van der Waals surface area contributed by atoms with Crippen molar-refractivity contribution in [3.63, 3.8) is 0 Å². The van der Waals surface area contributed by atoms with Gasteiger partial charge in [0.25, 0.3) is 0 Å². The van der Waals surface area contributed by atoms with Gasteiger partial charge in [-0.1, -0.05) is 0 Å². The van der Waals surface area contributed by atoms with Gasteiger partial charge in [-0.3, -0.25) is 9.59 Å². The summed E-state index contributed by atoms with van der Waals surface area (Å²) in [6.07, 6.45) is 0. The number of hydrogen-bond donors (Lipinski definition) is 4. The van der Waals surface area contributed by atoms with Crippen molar-refractivity contribution in [2.45, 2.75) is 0 Å². The predicted molar refractivity (Wildman–Crippen MR) is 59.0 cm³/mol. The van der Waals surface area contributed by atoms with Gasteiger partial charge in [0, 0.05) is 11.4 Å². The molecular formula is C10H8N2O6. The zero-order chi connectivity index (χ0) is 13.7. The summed E-state index contributed by atoms with van der Waals surface area (Å²) in [6.45, 7) is 0. The number of nitrogens with one attached hydrogen (secondary N) is 2. The Morgan fingerprint density at radius 3 is 1.22 bits per heavy atom. The van der Waals surface area contributed by atoms with E-state index in [1.165, 1.54) is 24.3 Å². The van der Waals surface area contributed by atoms with Gasteiger partial charge in [0.2, 0.25) is 0 Å². The second-order valence-electron chi connectivity index (χ2n) is 3.10. The van der Waals surface area contributed by atoms with Crippen molar-refractivity contribution in [1.82, 2.24) is 0 Å². The molecule has 0 unspecified atom stereocenters. The lowest BCUT2D eigenvalue weighted by Crippen LogP contribution is -2.22. The molecule has 0 fully saturated rings. The van der Waals surface area contributed by atoms with Crippen LogP contribution in [0.4, 0.5) is 11.4 Å². The number of hydrogen-bond acceptors (Lipinski definition) is 4. The number of carboxylic acids is 2. The maximum absolute atomic E-state index is 10.8. The van der Waals surface area contributed by atoms with Gasteiger partial charge < -0.3 is 20.8 Å². The van der Waals surface area contributed by atoms with Crippen molar-refractivity contribution in [3.05, 3.63) is 24.3 Å². The highest BCUT2D eigenvalue weighted by atomic mass is 16.4. The van der Waals surface area contributed by atoms with E-state index in [0.717, 1.165) is 0 Å². The van der Waals surface area contributed by atoms with E-state index in [4.69, 9.17) is 10.2 Å². The number of anilines is 2. The Hall–Kier alpha value is -2.90. The fourth-order valence-electron chi connectivity index (χ4n) is 1.01. The molecule has 0 radical (unpaired) electrons. The molecule has 18 heavy (non-hydrogen) atoms. The van der Waals surface area contributed by atoms with Crippen LogP contribution in [0.1, 0.15) is 0 Å². The molecule has 0 aliphatic rings. The zero-order valence-corrected chi connectivity index (χ0v) is 8.84. The number of carbonyl (C=O) groups excluding carboxylic acids is 2. The summed E-state index contributed by atoms with van der Waals surface area (Å²) in [5.41, 5.74) is 0.409. The number of carboxylic acid groups (broad SMARTS) is 2. The number of carbonyl (C=O) groups is 4. The summed E-state index contributed by atoms with van der Waals surface area (Å²) < 4.78 is 0. The Balaban J connectivity index is 2.68. The van der Waals surface area contributed by atoms with E-state index in [-0.39, 0.29) is 11.4 Å². The Labute approximate surface area is 100 Å². The molecule has 0 saturated heterocycles. The topological polar surface area (TPSA) is 133 Å². The van der Waals surface area contributed by atoms with Crippen LogP contribution in [0.5, 0.6) is 0 Å². The average Bonchev–Trinajstić information content (AvgIpc) is 2.31. The van der Waals surface area contributed by atoms with Crippen LogP contribution >= 0.6 is 0 Å². The van der Waals surface area contributed by atoms with Crippen LogP contribution in [-0.4, -0.2) is 34.0 Å². The Kier molecular flexibility index (Phi) is 3.98. The fraction of sp³-hybridized carbons (Fsp3) is 0. The molecule has 0 aromatic heterocycles. The Morgan fingerprint density at radius 2 is 1.00 bits per heavy atom. The van der Waals surface area contributed by atoms with E-state index >= 15 is 0 Å². The van der Waals surface area contributed by atoms with Gasteiger partial charge in [-0.05, 0) is 24.3 Å². The first-order valence-electron chi connectivity index (χ1n) is 4.59. The van der Waals surface area contributed by atoms with Crippen LogP contribution in [-0.2, 0) is 19.2 Å². The maximum atomic E-state index is 10.8. The lowest BCUT2D eigenvalue weighted by molar-refractivity contribution is -0.147. The minimum atomic E-state index is -1.63. The quantitative estimate of drug-likeness (QED) is 0.535. The molecule has 1 aromatic rings. The van der Waals surface area contributed by atoms with E-state index in [1.807, 2.05) is 0 Å². The molecule has 0 spiro atoms. The van der Waals surface area contributed by atoms with Crippen LogP contribution in [0, 0.1) is 0 Å². The molecule has 0 aliphatic carbocycles. The third kappa shape index (κ3) is 3.59. The lowest BCUT2D eigenvalue weighted by Gasteiger charge is -2.04. The molecule has 0 bridgehead atoms. The molecule has 1 aromatic carbocycles. The minimum Gasteiger partial charge on any atom is -0.474 e. The van der Waals surface area contributed by atoms with Gasteiger partial charge in [-0.15, -0.1) is 0 Å². The van der Waals surface area contributed by atoms with Crippen LogP contribution in [0.3, 0.4) is 0 Å². The largest absolute Gasteiger partial charge is 0.474 e. The summed E-state index contributed by atoms with van der Waals surface area (Å²) in [7, 11) is 0. The first kappa shape index (κ1) is 13.2. The highest BCUT2D eigenvalue weighted by molar-refractivity contribution is 6.37. The van der Waals surface area contributed by atoms with Crippen LogP contribution in [0.15, 0.2) is 24.3 Å². The predicted octanol–water partition coefficient (Wildman–Crippen LogP) is -0.267. The van der Waals surface area contributed by atoms with Gasteiger partial charge >= 0.3 is 23.8 Å². The second kappa shape index (κ2) is 5.43. The highest BCUT2D eigenvalue weighted by Gasteiger charge is 2.12. The summed E-state index contributed by atoms with van der Waals surface area (Å²) in [5.74, 6) is -5.65. The molecule has 0 heterocycles. The summed E-state index contributed by atoms with van der Waals surface area (Å²) >= 11 is 0. The van der Waals surface area contributed by atoms with Gasteiger partial charge in [0.05, 0.1) is 0 Å². The number of rotatable bonds is 2. The zero-order valence-electron chi connectivity index (χ0n) is 8.84. The average molecular weight is 252 g/mol. The van der Waals surface area contributed by atoms with Gasteiger partial charge in [-0.25, -0.2) is 9.59 Å². The van der Waals surface area contributed by atoms with E-state index in [2.05, 4.69) is 10.6 Å². The molecule has 0 saturated carbocycles. The van der Waals surface area contributed by atoms with Crippen molar-refractivity contribution < 1.29 is 29.4 Å². The molecular weight excluding hydrogens is 244 g/mol. The molecule has 1 rings (SSSR count). The van der Waals surface area contributed by atoms with Crippen LogP contribution < -0.4 is 10.6 Å². The maximum Gasteiger partial charge on any atom is 0.394 e. The van der Waals surface area contributed by atoms with Crippen molar-refractivity contribution in [2.24, 2.45) is 0 Å². The van der Waals surface area contributed by atoms with Crippen LogP contribution in [0.25, 0.3) is 0 Å². The summed E-state index contributed by atoms with van der Waals surface area (Å²) in [4.78, 5) is 42.1. The number of amides is 2. The Bertz CT molecular complexity index is 461. The highest BCUT2D eigenvalue weighted by Crippen LogP contribution is 2.13. The monoisotopic (exact) mass is 252 g/mol. The molecule has 0 atom stereocenters. The van der Waals surface area contributed by atoms with Crippen molar-refractivity contribution >= 4 is 35.1 Å². The lowest BCUT2D eigenvalue weighted by atomic mass is 10.2. The SMILES string of the molecule is O=C(O)C(=O)Nc1ccc(NC(=O)C(=O)O)cc1. The minimum absolute atomic E-state index is 0.204. The summed E-state index contributed by atoms with van der Waals surface area (Å²) in [5, 5.41) is 20.8. The van der Waals surface area contributed by atoms with E-state index in [0.29, 0.717) is 0 Å². The molecule has 0 aliphatic heterocycles. The van der Waals surface area contributed by atoms with Gasteiger partial charge in [0.15, 0.2) is 0 Å². The van der Waals surface area contributed by atoms with Gasteiger partial charge in [-0.2, -0.15) is 0 Å². The van der Waals surface area contributed by atoms with E-state index in [1.54, 1.807) is 0 Å². The number of aliphatic carboxylic acids is 2. The summed E-state index contributed by atoms with van der Waals surface area (Å²) in [6, 6.07) is 5.27. The normalized spacial score (nSPS) is 9.33. The second-order valence-corrected chi connectivity index (χ2v) is 3.10. The first-order valence-corrected chi connectivity index (χ1v) is 4.59. The molecule has 2 amide bonds. The molecule has 8 nitrogen and oxygen atoms in total. The number of benzene rings is 1. The van der Waals surface area contributed by atoms with Crippen molar-refractivity contribution in [1.29, 1.82) is 0 Å². The molecule has 8 heteroatoms. The smallest absolute Gasteiger partial charge is 0.394 e. The first-order chi connectivity index (χ1) is 8.40. The van der Waals surface area contributed by atoms with E-state index < -0.39 is 23.8 Å². The van der Waals surface area contributed by atoms with E-state index in [9.17, 15) is 19.2 Å². The molecule has 94 valence electrons. The van der Waals surface area contributed by atoms with Crippen molar-refractivity contribution in [3.8, 4) is 0 Å². The standard InChI is InChI=1S/C10H8N2O6/c13-7(9(15)16)11-5-1-2-6(4-3-5)12-8(14)10(17)18/h1-4H,(H,11,13)(H,12,14)(H,15,16)(H,17,18). The van der Waals surface area contributed by atoms with Crippen molar-refractivity contribution in [2.75, 3.05) is 10.6 Å². The fourth-order valence-corrected chi connectivity index (χ4v) is 1.01. The van der Waals surface area contributed by atoms with Crippen LogP contribution in [0.2, 0.25) is 0 Å². The molecule has 4 N–H and O–H groups in total. The van der Waals surface area contributed by atoms with Gasteiger partial charge in [0.1, 0.15) is 0 Å². The third-order valence-electron chi connectivity index (χ3n) is 1.79. The Morgan fingerprint density at radius 1 is 0.722 bits per heavy atom. The third-order valence-corrected chi connectivity index (χ3v) is 1.79.